The maximum Gasteiger partial charge on any atom is 0.243 e. The van der Waals surface area contributed by atoms with Gasteiger partial charge in [-0.3, -0.25) is 0 Å². The molecule has 5 nitrogen and oxygen atoms in total. The molecule has 0 N–H and O–H groups in total. The minimum atomic E-state index is -3.63. The summed E-state index contributed by atoms with van der Waals surface area (Å²) in [5, 5.41) is 0.612. The molecule has 2 aromatic rings. The van der Waals surface area contributed by atoms with Crippen LogP contribution in [-0.4, -0.2) is 45.5 Å². The molecule has 0 bridgehead atoms. The van der Waals surface area contributed by atoms with Gasteiger partial charge in [-0.1, -0.05) is 35.3 Å². The van der Waals surface area contributed by atoms with E-state index in [0.29, 0.717) is 42.8 Å². The lowest BCUT2D eigenvalue weighted by molar-refractivity contribution is 0.337. The standard InChI is InChI=1S/C18H20Cl2N2O3S/c1-2-25-18-6-4-3-5-17(18)21-7-9-22(10-8-21)26(23,24)16-12-14(19)11-15(20)13-16/h3-6,11-13H,2,7-10H2,1H3. The van der Waals surface area contributed by atoms with Crippen molar-refractivity contribution in [3.63, 3.8) is 0 Å². The van der Waals surface area contributed by atoms with Crippen LogP contribution in [0.5, 0.6) is 5.75 Å². The van der Waals surface area contributed by atoms with Crippen LogP contribution in [-0.2, 0) is 10.0 Å². The van der Waals surface area contributed by atoms with Crippen molar-refractivity contribution >= 4 is 38.9 Å². The van der Waals surface area contributed by atoms with E-state index in [0.717, 1.165) is 11.4 Å². The number of rotatable bonds is 5. The highest BCUT2D eigenvalue weighted by Gasteiger charge is 2.29. The number of benzene rings is 2. The lowest BCUT2D eigenvalue weighted by atomic mass is 10.2. The number of anilines is 1. The molecule has 0 amide bonds. The zero-order valence-electron chi connectivity index (χ0n) is 14.4. The Morgan fingerprint density at radius 3 is 2.23 bits per heavy atom. The van der Waals surface area contributed by atoms with E-state index in [1.807, 2.05) is 31.2 Å². The summed E-state index contributed by atoms with van der Waals surface area (Å²) in [4.78, 5) is 2.26. The van der Waals surface area contributed by atoms with Crippen LogP contribution in [0.2, 0.25) is 10.0 Å². The predicted octanol–water partition coefficient (Wildman–Crippen LogP) is 3.90. The maximum atomic E-state index is 12.9. The van der Waals surface area contributed by atoms with Gasteiger partial charge in [-0.25, -0.2) is 8.42 Å². The van der Waals surface area contributed by atoms with E-state index >= 15 is 0 Å². The molecule has 1 saturated heterocycles. The minimum Gasteiger partial charge on any atom is -0.492 e. The molecule has 140 valence electrons. The molecule has 0 radical (unpaired) electrons. The fraction of sp³-hybridized carbons (Fsp3) is 0.333. The number of ether oxygens (including phenoxy) is 1. The number of nitrogens with zero attached hydrogens (tertiary/aromatic N) is 2. The van der Waals surface area contributed by atoms with E-state index < -0.39 is 10.0 Å². The third-order valence-corrected chi connectivity index (χ3v) is 6.53. The summed E-state index contributed by atoms with van der Waals surface area (Å²) in [6.07, 6.45) is 0. The average molecular weight is 415 g/mol. The molecule has 3 rings (SSSR count). The number of halogens is 2. The zero-order valence-corrected chi connectivity index (χ0v) is 16.7. The Kier molecular flexibility index (Phi) is 5.97. The molecular weight excluding hydrogens is 395 g/mol. The predicted molar refractivity (Wildman–Crippen MR) is 105 cm³/mol. The highest BCUT2D eigenvalue weighted by molar-refractivity contribution is 7.89. The molecule has 1 aliphatic heterocycles. The fourth-order valence-electron chi connectivity index (χ4n) is 2.99. The summed E-state index contributed by atoms with van der Waals surface area (Å²) < 4.78 is 32.9. The molecule has 1 heterocycles. The minimum absolute atomic E-state index is 0.123. The number of piperazine rings is 1. The van der Waals surface area contributed by atoms with Gasteiger partial charge in [0.25, 0.3) is 0 Å². The maximum absolute atomic E-state index is 12.9. The summed E-state index contributed by atoms with van der Waals surface area (Å²) in [5.41, 5.74) is 0.984. The lowest BCUT2D eigenvalue weighted by Gasteiger charge is -2.36. The first-order valence-electron chi connectivity index (χ1n) is 8.35. The first-order valence-corrected chi connectivity index (χ1v) is 10.5. The Balaban J connectivity index is 1.76. The van der Waals surface area contributed by atoms with Crippen molar-refractivity contribution in [1.82, 2.24) is 4.31 Å². The van der Waals surface area contributed by atoms with Crippen molar-refractivity contribution in [2.24, 2.45) is 0 Å². The summed E-state index contributed by atoms with van der Waals surface area (Å²) in [6.45, 7) is 4.45. The Morgan fingerprint density at radius 2 is 1.62 bits per heavy atom. The zero-order chi connectivity index (χ0) is 18.7. The van der Waals surface area contributed by atoms with Gasteiger partial charge in [0.05, 0.1) is 17.2 Å². The van der Waals surface area contributed by atoms with E-state index in [1.54, 1.807) is 0 Å². The van der Waals surface area contributed by atoms with Crippen LogP contribution in [0.4, 0.5) is 5.69 Å². The Bertz CT molecular complexity index is 862. The second-order valence-corrected chi connectivity index (χ2v) is 8.71. The second kappa shape index (κ2) is 8.05. The van der Waals surface area contributed by atoms with Crippen LogP contribution in [0.3, 0.4) is 0 Å². The second-order valence-electron chi connectivity index (χ2n) is 5.90. The van der Waals surface area contributed by atoms with Crippen LogP contribution in [0.25, 0.3) is 0 Å². The van der Waals surface area contributed by atoms with Gasteiger partial charge < -0.3 is 9.64 Å². The topological polar surface area (TPSA) is 49.9 Å². The van der Waals surface area contributed by atoms with Crippen molar-refractivity contribution in [3.8, 4) is 5.75 Å². The molecule has 26 heavy (non-hydrogen) atoms. The van der Waals surface area contributed by atoms with Crippen molar-refractivity contribution in [2.75, 3.05) is 37.7 Å². The van der Waals surface area contributed by atoms with Gasteiger partial charge in [0, 0.05) is 36.2 Å². The fourth-order valence-corrected chi connectivity index (χ4v) is 5.14. The number of para-hydroxylation sites is 2. The highest BCUT2D eigenvalue weighted by atomic mass is 35.5. The van der Waals surface area contributed by atoms with Gasteiger partial charge in [-0.2, -0.15) is 4.31 Å². The number of hydrogen-bond donors (Lipinski definition) is 0. The largest absolute Gasteiger partial charge is 0.492 e. The van der Waals surface area contributed by atoms with E-state index in [4.69, 9.17) is 27.9 Å². The van der Waals surface area contributed by atoms with Crippen molar-refractivity contribution < 1.29 is 13.2 Å². The van der Waals surface area contributed by atoms with Gasteiger partial charge in [-0.05, 0) is 37.3 Å². The van der Waals surface area contributed by atoms with Gasteiger partial charge in [0.1, 0.15) is 5.75 Å². The Morgan fingerprint density at radius 1 is 1.00 bits per heavy atom. The van der Waals surface area contributed by atoms with Crippen LogP contribution in [0.1, 0.15) is 6.92 Å². The molecule has 0 unspecified atom stereocenters. The van der Waals surface area contributed by atoms with Crippen molar-refractivity contribution in [1.29, 1.82) is 0 Å². The van der Waals surface area contributed by atoms with E-state index in [9.17, 15) is 8.42 Å². The molecule has 0 atom stereocenters. The van der Waals surface area contributed by atoms with Crippen LogP contribution in [0, 0.1) is 0 Å². The van der Waals surface area contributed by atoms with Crippen LogP contribution in [0.15, 0.2) is 47.4 Å². The monoisotopic (exact) mass is 414 g/mol. The molecule has 0 saturated carbocycles. The molecule has 0 aromatic heterocycles. The summed E-state index contributed by atoms with van der Waals surface area (Å²) in [7, 11) is -3.63. The number of hydrogen-bond acceptors (Lipinski definition) is 4. The van der Waals surface area contributed by atoms with Crippen LogP contribution < -0.4 is 9.64 Å². The van der Waals surface area contributed by atoms with Crippen molar-refractivity contribution in [2.45, 2.75) is 11.8 Å². The third kappa shape index (κ3) is 4.09. The molecular formula is C18H20Cl2N2O3S. The number of sulfonamides is 1. The molecule has 1 aliphatic rings. The smallest absolute Gasteiger partial charge is 0.243 e. The molecule has 0 aliphatic carbocycles. The lowest BCUT2D eigenvalue weighted by Crippen LogP contribution is -2.48. The molecule has 0 spiro atoms. The van der Waals surface area contributed by atoms with Crippen LogP contribution >= 0.6 is 23.2 Å². The van der Waals surface area contributed by atoms with Crippen molar-refractivity contribution in [3.05, 3.63) is 52.5 Å². The van der Waals surface area contributed by atoms with E-state index in [-0.39, 0.29) is 4.90 Å². The summed E-state index contributed by atoms with van der Waals surface area (Å²) >= 11 is 11.9. The first kappa shape index (κ1) is 19.3. The van der Waals surface area contributed by atoms with E-state index in [1.165, 1.54) is 22.5 Å². The highest BCUT2D eigenvalue weighted by Crippen LogP contribution is 2.30. The Labute approximate surface area is 164 Å². The summed E-state index contributed by atoms with van der Waals surface area (Å²) in [6, 6.07) is 12.2. The molecule has 2 aromatic carbocycles. The molecule has 8 heteroatoms. The quantitative estimate of drug-likeness (QED) is 0.743. The van der Waals surface area contributed by atoms with E-state index in [2.05, 4.69) is 4.90 Å². The van der Waals surface area contributed by atoms with Gasteiger partial charge in [0.2, 0.25) is 10.0 Å². The SMILES string of the molecule is CCOc1ccccc1N1CCN(S(=O)(=O)c2cc(Cl)cc(Cl)c2)CC1. The van der Waals surface area contributed by atoms with Gasteiger partial charge in [0.15, 0.2) is 0 Å². The first-order chi connectivity index (χ1) is 12.4. The normalized spacial score (nSPS) is 15.9. The van der Waals surface area contributed by atoms with Gasteiger partial charge >= 0.3 is 0 Å². The molecule has 1 fully saturated rings. The third-order valence-electron chi connectivity index (χ3n) is 4.22. The Hall–Kier alpha value is -1.47. The average Bonchev–Trinajstić information content (AvgIpc) is 2.62. The van der Waals surface area contributed by atoms with Gasteiger partial charge in [-0.15, -0.1) is 0 Å². The summed E-state index contributed by atoms with van der Waals surface area (Å²) in [5.74, 6) is 0.813.